The fraction of sp³-hybridized carbons (Fsp3) is 0.438. The average Bonchev–Trinajstić information content (AvgIpc) is 2.78. The summed E-state index contributed by atoms with van der Waals surface area (Å²) >= 11 is 0. The molecule has 1 aliphatic rings. The maximum absolute atomic E-state index is 4.78. The lowest BCUT2D eigenvalue weighted by Crippen LogP contribution is -2.25. The topological polar surface area (TPSA) is 40.7 Å². The quantitative estimate of drug-likeness (QED) is 0.885. The number of aromatic amines is 1. The summed E-state index contributed by atoms with van der Waals surface area (Å²) < 4.78 is 0. The molecule has 100 valence electrons. The van der Waals surface area contributed by atoms with Crippen LogP contribution in [0.5, 0.6) is 0 Å². The molecule has 0 radical (unpaired) electrons. The van der Waals surface area contributed by atoms with E-state index in [0.29, 0.717) is 0 Å². The maximum Gasteiger partial charge on any atom is 0.121 e. The number of aromatic nitrogens is 2. The number of nitrogens with one attached hydrogen (secondary N) is 2. The second-order valence-electron chi connectivity index (χ2n) is 5.90. The third-order valence-corrected chi connectivity index (χ3v) is 3.90. The third-order valence-electron chi connectivity index (χ3n) is 3.90. The van der Waals surface area contributed by atoms with Gasteiger partial charge in [-0.25, -0.2) is 4.98 Å². The normalized spacial score (nSPS) is 15.9. The zero-order valence-electron chi connectivity index (χ0n) is 11.9. The maximum atomic E-state index is 4.78. The minimum Gasteiger partial charge on any atom is -0.344 e. The molecule has 1 aromatic carbocycles. The summed E-state index contributed by atoms with van der Waals surface area (Å²) in [7, 11) is 0. The van der Waals surface area contributed by atoms with Gasteiger partial charge in [-0.05, 0) is 23.9 Å². The Labute approximate surface area is 114 Å². The first-order valence-corrected chi connectivity index (χ1v) is 7.00. The van der Waals surface area contributed by atoms with Crippen LogP contribution in [0.4, 0.5) is 0 Å². The van der Waals surface area contributed by atoms with E-state index in [4.69, 9.17) is 4.98 Å². The van der Waals surface area contributed by atoms with Gasteiger partial charge in [-0.1, -0.05) is 45.0 Å². The van der Waals surface area contributed by atoms with Crippen molar-refractivity contribution in [2.75, 3.05) is 6.54 Å². The molecule has 0 saturated carbocycles. The smallest absolute Gasteiger partial charge is 0.121 e. The van der Waals surface area contributed by atoms with Crippen LogP contribution in [0.1, 0.15) is 37.9 Å². The lowest BCUT2D eigenvalue weighted by atomic mass is 9.73. The number of H-pyrrole nitrogens is 1. The molecule has 0 aliphatic heterocycles. The first-order valence-electron chi connectivity index (χ1n) is 7.00. The van der Waals surface area contributed by atoms with Gasteiger partial charge >= 0.3 is 0 Å². The average molecular weight is 255 g/mol. The third kappa shape index (κ3) is 2.08. The first-order chi connectivity index (χ1) is 9.12. The van der Waals surface area contributed by atoms with Gasteiger partial charge in [0.05, 0.1) is 12.2 Å². The first kappa shape index (κ1) is 12.4. The fourth-order valence-electron chi connectivity index (χ4n) is 2.96. The van der Waals surface area contributed by atoms with E-state index in [1.54, 1.807) is 0 Å². The second-order valence-corrected chi connectivity index (χ2v) is 5.90. The Kier molecular flexibility index (Phi) is 2.94. The van der Waals surface area contributed by atoms with E-state index in [9.17, 15) is 0 Å². The van der Waals surface area contributed by atoms with E-state index in [-0.39, 0.29) is 5.41 Å². The number of imidazole rings is 1. The van der Waals surface area contributed by atoms with Gasteiger partial charge in [0.25, 0.3) is 0 Å². The Morgan fingerprint density at radius 1 is 1.32 bits per heavy atom. The number of hydrogen-bond acceptors (Lipinski definition) is 2. The molecule has 1 aliphatic carbocycles. The van der Waals surface area contributed by atoms with Crippen LogP contribution in [0.25, 0.3) is 11.3 Å². The molecule has 0 unspecified atom stereocenters. The van der Waals surface area contributed by atoms with Crippen molar-refractivity contribution in [1.29, 1.82) is 0 Å². The molecule has 19 heavy (non-hydrogen) atoms. The number of hydrogen-bond donors (Lipinski definition) is 2. The van der Waals surface area contributed by atoms with E-state index < -0.39 is 0 Å². The van der Waals surface area contributed by atoms with Crippen molar-refractivity contribution >= 4 is 0 Å². The standard InChI is InChI=1S/C16H21N3/c1-4-17-10-14-18-13-9-16(2,3)12-8-6-5-7-11(12)15(13)19-14/h5-8,17H,4,9-10H2,1-3H3,(H,18,19). The van der Waals surface area contributed by atoms with Gasteiger partial charge in [-0.3, -0.25) is 0 Å². The highest BCUT2D eigenvalue weighted by molar-refractivity contribution is 5.70. The molecule has 3 nitrogen and oxygen atoms in total. The molecule has 0 spiro atoms. The molecule has 1 heterocycles. The summed E-state index contributed by atoms with van der Waals surface area (Å²) in [4.78, 5) is 8.27. The number of nitrogens with zero attached hydrogens (tertiary/aromatic N) is 1. The van der Waals surface area contributed by atoms with Gasteiger partial charge in [0.2, 0.25) is 0 Å². The second kappa shape index (κ2) is 4.49. The predicted molar refractivity (Wildman–Crippen MR) is 78.1 cm³/mol. The Bertz CT molecular complexity index is 596. The van der Waals surface area contributed by atoms with Gasteiger partial charge in [0.15, 0.2) is 0 Å². The van der Waals surface area contributed by atoms with Crippen molar-refractivity contribution in [3.05, 3.63) is 41.3 Å². The molecule has 0 atom stereocenters. The zero-order chi connectivity index (χ0) is 13.5. The van der Waals surface area contributed by atoms with Gasteiger partial charge < -0.3 is 10.3 Å². The molecule has 3 heteroatoms. The van der Waals surface area contributed by atoms with Crippen LogP contribution in [-0.4, -0.2) is 16.5 Å². The Morgan fingerprint density at radius 3 is 2.89 bits per heavy atom. The summed E-state index contributed by atoms with van der Waals surface area (Å²) in [6.07, 6.45) is 1.03. The fourth-order valence-corrected chi connectivity index (χ4v) is 2.96. The van der Waals surface area contributed by atoms with Crippen LogP contribution in [0, 0.1) is 0 Å². The minimum atomic E-state index is 0.172. The van der Waals surface area contributed by atoms with Gasteiger partial charge in [0.1, 0.15) is 5.82 Å². The highest BCUT2D eigenvalue weighted by atomic mass is 15.0. The van der Waals surface area contributed by atoms with Crippen molar-refractivity contribution in [3.8, 4) is 11.3 Å². The van der Waals surface area contributed by atoms with E-state index in [2.05, 4.69) is 55.3 Å². The van der Waals surface area contributed by atoms with E-state index in [0.717, 1.165) is 31.0 Å². The summed E-state index contributed by atoms with van der Waals surface area (Å²) in [5, 5.41) is 3.32. The highest BCUT2D eigenvalue weighted by Crippen LogP contribution is 2.41. The molecular weight excluding hydrogens is 234 g/mol. The van der Waals surface area contributed by atoms with E-state index >= 15 is 0 Å². The van der Waals surface area contributed by atoms with Crippen molar-refractivity contribution in [2.24, 2.45) is 0 Å². The largest absolute Gasteiger partial charge is 0.344 e. The van der Waals surface area contributed by atoms with Crippen molar-refractivity contribution in [3.63, 3.8) is 0 Å². The molecule has 3 rings (SSSR count). The van der Waals surface area contributed by atoms with Crippen LogP contribution in [0.3, 0.4) is 0 Å². The number of rotatable bonds is 3. The molecule has 0 amide bonds. The molecule has 0 fully saturated rings. The minimum absolute atomic E-state index is 0.172. The van der Waals surface area contributed by atoms with Crippen LogP contribution < -0.4 is 5.32 Å². The summed E-state index contributed by atoms with van der Waals surface area (Å²) in [5.74, 6) is 1.04. The van der Waals surface area contributed by atoms with Crippen LogP contribution in [-0.2, 0) is 18.4 Å². The van der Waals surface area contributed by atoms with Gasteiger partial charge in [0, 0.05) is 11.3 Å². The lowest BCUT2D eigenvalue weighted by molar-refractivity contribution is 0.510. The number of benzene rings is 1. The monoisotopic (exact) mass is 255 g/mol. The highest BCUT2D eigenvalue weighted by Gasteiger charge is 2.32. The summed E-state index contributed by atoms with van der Waals surface area (Å²) in [6.45, 7) is 8.50. The van der Waals surface area contributed by atoms with E-state index in [1.165, 1.54) is 16.8 Å². The Balaban J connectivity index is 2.07. The Hall–Kier alpha value is -1.61. The molecule has 2 aromatic rings. The van der Waals surface area contributed by atoms with E-state index in [1.807, 2.05) is 0 Å². The van der Waals surface area contributed by atoms with Crippen molar-refractivity contribution in [2.45, 2.75) is 39.2 Å². The van der Waals surface area contributed by atoms with Crippen molar-refractivity contribution < 1.29 is 0 Å². The zero-order valence-corrected chi connectivity index (χ0v) is 11.9. The van der Waals surface area contributed by atoms with Crippen LogP contribution in [0.2, 0.25) is 0 Å². The van der Waals surface area contributed by atoms with Crippen LogP contribution in [0.15, 0.2) is 24.3 Å². The summed E-state index contributed by atoms with van der Waals surface area (Å²) in [5.41, 5.74) is 5.28. The SMILES string of the molecule is CCNCc1nc2c([nH]1)CC(C)(C)c1ccccc1-2. The molecular formula is C16H21N3. The summed E-state index contributed by atoms with van der Waals surface area (Å²) in [6, 6.07) is 8.64. The van der Waals surface area contributed by atoms with Gasteiger partial charge in [-0.2, -0.15) is 0 Å². The molecule has 0 bridgehead atoms. The van der Waals surface area contributed by atoms with Crippen LogP contribution >= 0.6 is 0 Å². The Morgan fingerprint density at radius 2 is 2.11 bits per heavy atom. The molecule has 1 aromatic heterocycles. The molecule has 2 N–H and O–H groups in total. The molecule has 0 saturated heterocycles. The number of fused-ring (bicyclic) bond motifs is 3. The van der Waals surface area contributed by atoms with Crippen molar-refractivity contribution in [1.82, 2.24) is 15.3 Å². The lowest BCUT2D eigenvalue weighted by Gasteiger charge is -2.31. The van der Waals surface area contributed by atoms with Gasteiger partial charge in [-0.15, -0.1) is 0 Å². The predicted octanol–water partition coefficient (Wildman–Crippen LogP) is 3.02.